The van der Waals surface area contributed by atoms with Gasteiger partial charge in [-0.2, -0.15) is 0 Å². The number of carbonyl (C=O) groups is 1. The lowest BCUT2D eigenvalue weighted by Gasteiger charge is -2.36. The van der Waals surface area contributed by atoms with Crippen LogP contribution < -0.4 is 19.7 Å². The molecule has 4 rings (SSSR count). The van der Waals surface area contributed by atoms with Gasteiger partial charge in [0.15, 0.2) is 0 Å². The molecule has 1 N–H and O–H groups in total. The summed E-state index contributed by atoms with van der Waals surface area (Å²) < 4.78 is 10.6. The third-order valence-corrected chi connectivity index (χ3v) is 6.32. The van der Waals surface area contributed by atoms with Crippen molar-refractivity contribution in [3.63, 3.8) is 0 Å². The normalized spacial score (nSPS) is 13.5. The van der Waals surface area contributed by atoms with E-state index >= 15 is 0 Å². The zero-order valence-electron chi connectivity index (χ0n) is 21.1. The van der Waals surface area contributed by atoms with E-state index in [1.54, 1.807) is 32.4 Å². The number of aryl methyl sites for hydroxylation is 3. The standard InChI is InChI=1S/C27H33N5O3/c1-18-6-8-21(9-7-18)16-23-19(2)28-20(3)29-26(23)31-12-14-32(15-13-31)27(33)30-24-11-10-22(34-4)17-25(24)35-5/h6-11,17H,12-16H2,1-5H3,(H,30,33). The zero-order valence-corrected chi connectivity index (χ0v) is 21.1. The summed E-state index contributed by atoms with van der Waals surface area (Å²) in [4.78, 5) is 26.5. The number of rotatable bonds is 6. The lowest BCUT2D eigenvalue weighted by Crippen LogP contribution is -2.50. The molecule has 0 bridgehead atoms. The topological polar surface area (TPSA) is 79.8 Å². The maximum atomic E-state index is 13.0. The second-order valence-corrected chi connectivity index (χ2v) is 8.79. The summed E-state index contributed by atoms with van der Waals surface area (Å²) in [7, 11) is 3.17. The van der Waals surface area contributed by atoms with Crippen LogP contribution in [0.25, 0.3) is 0 Å². The van der Waals surface area contributed by atoms with Gasteiger partial charge in [0.2, 0.25) is 0 Å². The molecule has 1 aromatic heterocycles. The molecule has 0 atom stereocenters. The summed E-state index contributed by atoms with van der Waals surface area (Å²) >= 11 is 0. The molecule has 3 aromatic rings. The van der Waals surface area contributed by atoms with Gasteiger partial charge < -0.3 is 24.6 Å². The van der Waals surface area contributed by atoms with Crippen molar-refractivity contribution in [1.29, 1.82) is 0 Å². The maximum Gasteiger partial charge on any atom is 0.322 e. The fourth-order valence-electron chi connectivity index (χ4n) is 4.31. The highest BCUT2D eigenvalue weighted by molar-refractivity contribution is 5.91. The van der Waals surface area contributed by atoms with E-state index in [1.807, 2.05) is 18.7 Å². The Morgan fingerprint density at radius 1 is 0.943 bits per heavy atom. The Balaban J connectivity index is 1.46. The van der Waals surface area contributed by atoms with Crippen LogP contribution in [-0.4, -0.2) is 61.3 Å². The number of carbonyl (C=O) groups excluding carboxylic acids is 1. The predicted octanol–water partition coefficient (Wildman–Crippen LogP) is 4.36. The van der Waals surface area contributed by atoms with Crippen molar-refractivity contribution in [2.24, 2.45) is 0 Å². The van der Waals surface area contributed by atoms with Gasteiger partial charge in [0.25, 0.3) is 0 Å². The van der Waals surface area contributed by atoms with E-state index in [0.717, 1.165) is 29.3 Å². The Morgan fingerprint density at radius 2 is 1.66 bits per heavy atom. The molecule has 1 aliphatic heterocycles. The van der Waals surface area contributed by atoms with Crippen LogP contribution in [0.15, 0.2) is 42.5 Å². The molecule has 2 amide bonds. The van der Waals surface area contributed by atoms with Crippen molar-refractivity contribution in [3.8, 4) is 11.5 Å². The SMILES string of the molecule is COc1ccc(NC(=O)N2CCN(c3nc(C)nc(C)c3Cc3ccc(C)cc3)CC2)c(OC)c1. The van der Waals surface area contributed by atoms with Crippen molar-refractivity contribution < 1.29 is 14.3 Å². The van der Waals surface area contributed by atoms with Crippen LogP contribution in [0.4, 0.5) is 16.3 Å². The molecule has 1 saturated heterocycles. The highest BCUT2D eigenvalue weighted by atomic mass is 16.5. The first-order valence-electron chi connectivity index (χ1n) is 11.8. The van der Waals surface area contributed by atoms with E-state index in [9.17, 15) is 4.79 Å². The van der Waals surface area contributed by atoms with Gasteiger partial charge in [-0.05, 0) is 38.5 Å². The Labute approximate surface area is 206 Å². The number of hydrogen-bond donors (Lipinski definition) is 1. The van der Waals surface area contributed by atoms with E-state index in [1.165, 1.54) is 11.1 Å². The number of amides is 2. The first kappa shape index (κ1) is 24.3. The Kier molecular flexibility index (Phi) is 7.39. The highest BCUT2D eigenvalue weighted by Crippen LogP contribution is 2.30. The van der Waals surface area contributed by atoms with Gasteiger partial charge >= 0.3 is 6.03 Å². The molecule has 184 valence electrons. The van der Waals surface area contributed by atoms with Crippen molar-refractivity contribution in [2.45, 2.75) is 27.2 Å². The number of hydrogen-bond acceptors (Lipinski definition) is 6. The van der Waals surface area contributed by atoms with Crippen LogP contribution >= 0.6 is 0 Å². The summed E-state index contributed by atoms with van der Waals surface area (Å²) in [5.74, 6) is 2.96. The molecule has 0 aliphatic carbocycles. The predicted molar refractivity (Wildman–Crippen MR) is 138 cm³/mol. The monoisotopic (exact) mass is 475 g/mol. The van der Waals surface area contributed by atoms with E-state index in [4.69, 9.17) is 14.5 Å². The summed E-state index contributed by atoms with van der Waals surface area (Å²) in [6.07, 6.45) is 0.777. The van der Waals surface area contributed by atoms with Crippen molar-refractivity contribution >= 4 is 17.5 Å². The van der Waals surface area contributed by atoms with E-state index in [-0.39, 0.29) is 6.03 Å². The van der Waals surface area contributed by atoms with Gasteiger partial charge in [-0.15, -0.1) is 0 Å². The second kappa shape index (κ2) is 10.6. The average molecular weight is 476 g/mol. The maximum absolute atomic E-state index is 13.0. The molecule has 0 radical (unpaired) electrons. The number of methoxy groups -OCH3 is 2. The highest BCUT2D eigenvalue weighted by Gasteiger charge is 2.25. The smallest absolute Gasteiger partial charge is 0.322 e. The second-order valence-electron chi connectivity index (χ2n) is 8.79. The minimum absolute atomic E-state index is 0.150. The third kappa shape index (κ3) is 5.65. The van der Waals surface area contributed by atoms with E-state index in [2.05, 4.69) is 46.4 Å². The Hall–Kier alpha value is -3.81. The number of nitrogens with one attached hydrogen (secondary N) is 1. The van der Waals surface area contributed by atoms with E-state index < -0.39 is 0 Å². The molecule has 2 aromatic carbocycles. The molecule has 0 unspecified atom stereocenters. The van der Waals surface area contributed by atoms with Gasteiger partial charge in [0.1, 0.15) is 23.1 Å². The Morgan fingerprint density at radius 3 is 2.31 bits per heavy atom. The first-order chi connectivity index (χ1) is 16.9. The van der Waals surface area contributed by atoms with Crippen molar-refractivity contribution in [1.82, 2.24) is 14.9 Å². The van der Waals surface area contributed by atoms with Crippen molar-refractivity contribution in [3.05, 3.63) is 70.7 Å². The molecule has 1 aliphatic rings. The fourth-order valence-corrected chi connectivity index (χ4v) is 4.31. The number of nitrogens with zero attached hydrogens (tertiary/aromatic N) is 4. The van der Waals surface area contributed by atoms with Gasteiger partial charge in [-0.1, -0.05) is 29.8 Å². The lowest BCUT2D eigenvalue weighted by molar-refractivity contribution is 0.208. The molecule has 0 spiro atoms. The van der Waals surface area contributed by atoms with Crippen molar-refractivity contribution in [2.75, 3.05) is 50.6 Å². The van der Waals surface area contributed by atoms with E-state index in [0.29, 0.717) is 43.4 Å². The zero-order chi connectivity index (χ0) is 24.9. The summed E-state index contributed by atoms with van der Waals surface area (Å²) in [5.41, 5.74) is 5.23. The van der Waals surface area contributed by atoms with Gasteiger partial charge in [0.05, 0.1) is 19.9 Å². The van der Waals surface area contributed by atoms with Crippen LogP contribution in [0.2, 0.25) is 0 Å². The minimum Gasteiger partial charge on any atom is -0.497 e. The molecular weight excluding hydrogens is 442 g/mol. The summed E-state index contributed by atoms with van der Waals surface area (Å²) in [6.45, 7) is 8.65. The van der Waals surface area contributed by atoms with Crippen LogP contribution in [0, 0.1) is 20.8 Å². The van der Waals surface area contributed by atoms with Crippen LogP contribution in [-0.2, 0) is 6.42 Å². The summed E-state index contributed by atoms with van der Waals surface area (Å²) in [5, 5.41) is 2.97. The molecule has 35 heavy (non-hydrogen) atoms. The molecule has 8 nitrogen and oxygen atoms in total. The molecular formula is C27H33N5O3. The largest absolute Gasteiger partial charge is 0.497 e. The van der Waals surface area contributed by atoms with Crippen LogP contribution in [0.5, 0.6) is 11.5 Å². The number of aromatic nitrogens is 2. The first-order valence-corrected chi connectivity index (χ1v) is 11.8. The number of benzene rings is 2. The quantitative estimate of drug-likeness (QED) is 0.571. The molecule has 1 fully saturated rings. The van der Waals surface area contributed by atoms with Crippen LogP contribution in [0.3, 0.4) is 0 Å². The molecule has 2 heterocycles. The number of ether oxygens (including phenoxy) is 2. The minimum atomic E-state index is -0.150. The number of piperazine rings is 1. The van der Waals surface area contributed by atoms with Crippen LogP contribution in [0.1, 0.15) is 28.2 Å². The molecule has 8 heteroatoms. The third-order valence-electron chi connectivity index (χ3n) is 6.32. The van der Waals surface area contributed by atoms with Gasteiger partial charge in [-0.25, -0.2) is 14.8 Å². The van der Waals surface area contributed by atoms with Gasteiger partial charge in [0, 0.05) is 49.9 Å². The average Bonchev–Trinajstić information content (AvgIpc) is 2.87. The number of anilines is 2. The summed E-state index contributed by atoms with van der Waals surface area (Å²) in [6, 6.07) is 13.8. The lowest BCUT2D eigenvalue weighted by atomic mass is 10.0. The molecule has 0 saturated carbocycles. The van der Waals surface area contributed by atoms with Gasteiger partial charge in [-0.3, -0.25) is 0 Å². The Bertz CT molecular complexity index is 1190. The number of urea groups is 1. The fraction of sp³-hybridized carbons (Fsp3) is 0.370.